The Morgan fingerprint density at radius 2 is 1.65 bits per heavy atom. The summed E-state index contributed by atoms with van der Waals surface area (Å²) in [6.07, 6.45) is 7.79. The molecule has 1 rings (SSSR count). The minimum Gasteiger partial charge on any atom is -0.308 e. The highest BCUT2D eigenvalue weighted by molar-refractivity contribution is 5.88. The molecule has 0 aromatic heterocycles. The third-order valence-electron chi connectivity index (χ3n) is 4.95. The van der Waals surface area contributed by atoms with Gasteiger partial charge in [-0.05, 0) is 37.1 Å². The summed E-state index contributed by atoms with van der Waals surface area (Å²) in [7, 11) is 0. The second-order valence-corrected chi connectivity index (χ2v) is 8.25. The van der Waals surface area contributed by atoms with Crippen LogP contribution in [-0.2, 0) is 4.79 Å². The molecule has 118 valence electrons. The van der Waals surface area contributed by atoms with Gasteiger partial charge >= 0.3 is 0 Å². The molecule has 1 aliphatic rings. The number of hydrogen-bond acceptors (Lipinski definition) is 2. The van der Waals surface area contributed by atoms with Gasteiger partial charge in [-0.2, -0.15) is 0 Å². The van der Waals surface area contributed by atoms with E-state index in [1.807, 2.05) is 20.8 Å². The molecule has 0 heterocycles. The van der Waals surface area contributed by atoms with E-state index < -0.39 is 0 Å². The van der Waals surface area contributed by atoms with Crippen molar-refractivity contribution in [2.45, 2.75) is 86.1 Å². The maximum Gasteiger partial charge on any atom is 0.155 e. The zero-order valence-electron chi connectivity index (χ0n) is 14.5. The Balaban J connectivity index is 2.75. The lowest BCUT2D eigenvalue weighted by Gasteiger charge is -2.40. The van der Waals surface area contributed by atoms with E-state index >= 15 is 0 Å². The van der Waals surface area contributed by atoms with Crippen molar-refractivity contribution in [3.8, 4) is 0 Å². The fraction of sp³-hybridized carbons (Fsp3) is 0.944. The Labute approximate surface area is 126 Å². The van der Waals surface area contributed by atoms with Crippen LogP contribution in [0.5, 0.6) is 0 Å². The zero-order chi connectivity index (χ0) is 15.4. The lowest BCUT2D eigenvalue weighted by molar-refractivity contribution is -0.129. The fourth-order valence-electron chi connectivity index (χ4n) is 3.60. The van der Waals surface area contributed by atoms with Crippen LogP contribution in [0.4, 0.5) is 0 Å². The van der Waals surface area contributed by atoms with Gasteiger partial charge in [-0.1, -0.05) is 60.8 Å². The molecule has 20 heavy (non-hydrogen) atoms. The summed E-state index contributed by atoms with van der Waals surface area (Å²) in [5, 5.41) is 3.43. The highest BCUT2D eigenvalue weighted by Gasteiger charge is 2.37. The topological polar surface area (TPSA) is 29.1 Å². The van der Waals surface area contributed by atoms with E-state index in [9.17, 15) is 4.79 Å². The van der Waals surface area contributed by atoms with Crippen molar-refractivity contribution in [1.82, 2.24) is 5.32 Å². The molecular formula is C18H35NO. The fourth-order valence-corrected chi connectivity index (χ4v) is 3.60. The summed E-state index contributed by atoms with van der Waals surface area (Å²) in [6.45, 7) is 13.8. The van der Waals surface area contributed by atoms with E-state index in [1.165, 1.54) is 32.1 Å². The number of hydrogen-bond donors (Lipinski definition) is 1. The maximum atomic E-state index is 12.7. The van der Waals surface area contributed by atoms with Crippen LogP contribution in [0, 0.1) is 16.7 Å². The van der Waals surface area contributed by atoms with Crippen molar-refractivity contribution < 1.29 is 4.79 Å². The van der Waals surface area contributed by atoms with E-state index in [1.54, 1.807) is 0 Å². The lowest BCUT2D eigenvalue weighted by atomic mass is 9.67. The second kappa shape index (κ2) is 7.06. The average Bonchev–Trinajstić information content (AvgIpc) is 2.37. The lowest BCUT2D eigenvalue weighted by Crippen LogP contribution is -2.46. The molecule has 1 saturated carbocycles. The SMILES string of the molecule is CCNC(CC(C)(C)C1CCCCC1)C(=O)C(C)(C)C. The summed E-state index contributed by atoms with van der Waals surface area (Å²) in [6, 6.07) is 0.0110. The standard InChI is InChI=1S/C18H35NO/c1-7-19-15(16(20)17(2,3)4)13-18(5,6)14-11-9-8-10-12-14/h14-15,19H,7-13H2,1-6H3. The molecule has 1 N–H and O–H groups in total. The summed E-state index contributed by atoms with van der Waals surface area (Å²) >= 11 is 0. The number of likely N-dealkylation sites (N-methyl/N-ethyl adjacent to an activating group) is 1. The zero-order valence-corrected chi connectivity index (χ0v) is 14.5. The molecule has 1 aliphatic carbocycles. The highest BCUT2D eigenvalue weighted by atomic mass is 16.1. The van der Waals surface area contributed by atoms with Crippen molar-refractivity contribution in [2.24, 2.45) is 16.7 Å². The number of nitrogens with one attached hydrogen (secondary N) is 1. The van der Waals surface area contributed by atoms with Crippen molar-refractivity contribution in [3.05, 3.63) is 0 Å². The van der Waals surface area contributed by atoms with Crippen LogP contribution in [0.1, 0.15) is 80.1 Å². The molecule has 1 atom stereocenters. The second-order valence-electron chi connectivity index (χ2n) is 8.25. The Kier molecular flexibility index (Phi) is 6.25. The molecule has 0 spiro atoms. The van der Waals surface area contributed by atoms with Crippen molar-refractivity contribution in [1.29, 1.82) is 0 Å². The Hall–Kier alpha value is -0.370. The number of carbonyl (C=O) groups is 1. The van der Waals surface area contributed by atoms with Gasteiger partial charge in [0, 0.05) is 5.41 Å². The molecule has 0 aromatic rings. The molecule has 2 heteroatoms. The third-order valence-corrected chi connectivity index (χ3v) is 4.95. The van der Waals surface area contributed by atoms with Gasteiger partial charge in [-0.3, -0.25) is 4.79 Å². The molecular weight excluding hydrogens is 246 g/mol. The molecule has 0 radical (unpaired) electrons. The van der Waals surface area contributed by atoms with Crippen LogP contribution in [-0.4, -0.2) is 18.4 Å². The van der Waals surface area contributed by atoms with Crippen LogP contribution in [0.25, 0.3) is 0 Å². The van der Waals surface area contributed by atoms with Crippen LogP contribution in [0.3, 0.4) is 0 Å². The molecule has 1 fully saturated rings. The minimum absolute atomic E-state index is 0.0110. The van der Waals surface area contributed by atoms with Crippen molar-refractivity contribution in [3.63, 3.8) is 0 Å². The van der Waals surface area contributed by atoms with Crippen molar-refractivity contribution in [2.75, 3.05) is 6.54 Å². The van der Waals surface area contributed by atoms with Gasteiger partial charge in [0.05, 0.1) is 6.04 Å². The van der Waals surface area contributed by atoms with E-state index in [2.05, 4.69) is 26.1 Å². The monoisotopic (exact) mass is 281 g/mol. The number of rotatable bonds is 6. The first-order valence-electron chi connectivity index (χ1n) is 8.46. The molecule has 0 aliphatic heterocycles. The minimum atomic E-state index is -0.254. The van der Waals surface area contributed by atoms with E-state index in [4.69, 9.17) is 0 Å². The summed E-state index contributed by atoms with van der Waals surface area (Å²) in [5.41, 5.74) is 0.00362. The van der Waals surface area contributed by atoms with E-state index in [0.717, 1.165) is 18.9 Å². The highest BCUT2D eigenvalue weighted by Crippen LogP contribution is 2.41. The van der Waals surface area contributed by atoms with Gasteiger partial charge in [0.1, 0.15) is 0 Å². The summed E-state index contributed by atoms with van der Waals surface area (Å²) in [5.74, 6) is 1.15. The number of Topliss-reactive ketones (excluding diaryl/α,β-unsaturated/α-hetero) is 1. The van der Waals surface area contributed by atoms with Gasteiger partial charge in [-0.15, -0.1) is 0 Å². The Bertz CT molecular complexity index is 308. The van der Waals surface area contributed by atoms with Gasteiger partial charge in [0.15, 0.2) is 5.78 Å². The quantitative estimate of drug-likeness (QED) is 0.772. The molecule has 2 nitrogen and oxygen atoms in total. The predicted octanol–water partition coefficient (Wildman–Crippen LogP) is 4.58. The van der Waals surface area contributed by atoms with Gasteiger partial charge in [0.2, 0.25) is 0 Å². The predicted molar refractivity (Wildman–Crippen MR) is 86.9 cm³/mol. The van der Waals surface area contributed by atoms with E-state index in [0.29, 0.717) is 5.78 Å². The number of carbonyl (C=O) groups excluding carboxylic acids is 1. The molecule has 0 amide bonds. The Morgan fingerprint density at radius 3 is 2.10 bits per heavy atom. The normalized spacial score (nSPS) is 19.9. The first-order chi connectivity index (χ1) is 9.18. The smallest absolute Gasteiger partial charge is 0.155 e. The van der Waals surface area contributed by atoms with Crippen LogP contribution < -0.4 is 5.32 Å². The van der Waals surface area contributed by atoms with Gasteiger partial charge in [0.25, 0.3) is 0 Å². The van der Waals surface area contributed by atoms with Crippen LogP contribution in [0.2, 0.25) is 0 Å². The van der Waals surface area contributed by atoms with Gasteiger partial charge in [-0.25, -0.2) is 0 Å². The maximum absolute atomic E-state index is 12.7. The summed E-state index contributed by atoms with van der Waals surface area (Å²) < 4.78 is 0. The third kappa shape index (κ3) is 4.87. The number of ketones is 1. The first-order valence-corrected chi connectivity index (χ1v) is 8.46. The first kappa shape index (κ1) is 17.7. The van der Waals surface area contributed by atoms with Gasteiger partial charge < -0.3 is 5.32 Å². The average molecular weight is 281 g/mol. The van der Waals surface area contributed by atoms with Crippen LogP contribution >= 0.6 is 0 Å². The Morgan fingerprint density at radius 1 is 1.10 bits per heavy atom. The largest absolute Gasteiger partial charge is 0.308 e. The molecule has 0 bridgehead atoms. The molecule has 0 saturated heterocycles. The summed E-state index contributed by atoms with van der Waals surface area (Å²) in [4.78, 5) is 12.7. The van der Waals surface area contributed by atoms with Crippen LogP contribution in [0.15, 0.2) is 0 Å². The van der Waals surface area contributed by atoms with E-state index in [-0.39, 0.29) is 16.9 Å². The molecule has 0 aromatic carbocycles. The van der Waals surface area contributed by atoms with Crippen molar-refractivity contribution >= 4 is 5.78 Å². The molecule has 1 unspecified atom stereocenters.